The third kappa shape index (κ3) is 2.12. The Morgan fingerprint density at radius 3 is 1.67 bits per heavy atom. The summed E-state index contributed by atoms with van der Waals surface area (Å²) >= 11 is -2.24. The van der Waals surface area contributed by atoms with Crippen molar-refractivity contribution in [2.45, 2.75) is 11.9 Å². The number of benzene rings is 2. The van der Waals surface area contributed by atoms with E-state index >= 15 is 0 Å². The van der Waals surface area contributed by atoms with Gasteiger partial charge in [0, 0.05) is 0 Å². The van der Waals surface area contributed by atoms with Gasteiger partial charge in [0.05, 0.1) is 0 Å². The number of hydrogen-bond acceptors (Lipinski definition) is 0. The Morgan fingerprint density at radius 2 is 1.19 bits per heavy atom. The second-order valence-corrected chi connectivity index (χ2v) is 31.5. The molecule has 0 saturated heterocycles. The molecule has 2 atom stereocenters. The number of allylic oxidation sites excluding steroid dienone is 2. The van der Waals surface area contributed by atoms with Crippen molar-refractivity contribution in [2.75, 3.05) is 0 Å². The molecule has 0 bridgehead atoms. The van der Waals surface area contributed by atoms with Gasteiger partial charge in [-0.15, -0.1) is 0 Å². The SMILES string of the molecule is [CH3][Zr]([SiH3])([CH]1C=Cc2ccccc21)[CH]1C=Cc2ccccc21. The Bertz CT molecular complexity index is 694. The first-order valence-corrected chi connectivity index (χ1v) is 21.4. The second kappa shape index (κ2) is 5.04. The summed E-state index contributed by atoms with van der Waals surface area (Å²) in [7, 11) is 1.38. The number of rotatable bonds is 2. The van der Waals surface area contributed by atoms with Crippen LogP contribution in [-0.2, 0) is 19.4 Å². The zero-order chi connectivity index (χ0) is 14.4. The zero-order valence-electron chi connectivity index (χ0n) is 12.6. The van der Waals surface area contributed by atoms with Crippen molar-refractivity contribution in [3.63, 3.8) is 0 Å². The van der Waals surface area contributed by atoms with Gasteiger partial charge in [-0.25, -0.2) is 0 Å². The van der Waals surface area contributed by atoms with Gasteiger partial charge < -0.3 is 0 Å². The standard InChI is InChI=1S/2C9H7.CH3.H3Si.Zr/c2*1-2-5-9-7-3-6-8(9)4-1;;;/h2*1-7H;2*1H3;. The molecule has 0 aliphatic heterocycles. The van der Waals surface area contributed by atoms with Gasteiger partial charge in [0.15, 0.2) is 0 Å². The van der Waals surface area contributed by atoms with Crippen LogP contribution in [0.4, 0.5) is 0 Å². The van der Waals surface area contributed by atoms with Crippen LogP contribution in [0.25, 0.3) is 12.2 Å². The summed E-state index contributed by atoms with van der Waals surface area (Å²) in [5, 5.41) is 0. The number of hydrogen-bond donors (Lipinski definition) is 0. The van der Waals surface area contributed by atoms with E-state index in [1.165, 1.54) is 18.5 Å². The molecule has 0 radical (unpaired) electrons. The maximum absolute atomic E-state index is 2.68. The third-order valence-electron chi connectivity index (χ3n) is 5.20. The quantitative estimate of drug-likeness (QED) is 0.704. The first kappa shape index (κ1) is 13.7. The molecule has 4 rings (SSSR count). The average molecular weight is 368 g/mol. The van der Waals surface area contributed by atoms with Gasteiger partial charge in [0.1, 0.15) is 0 Å². The monoisotopic (exact) mass is 366 g/mol. The predicted molar refractivity (Wildman–Crippen MR) is 92.2 cm³/mol. The van der Waals surface area contributed by atoms with Crippen LogP contribution in [0.3, 0.4) is 0 Å². The molecule has 0 N–H and O–H groups in total. The first-order chi connectivity index (χ1) is 10.2. The molecule has 2 aliphatic rings. The van der Waals surface area contributed by atoms with E-state index in [4.69, 9.17) is 0 Å². The van der Waals surface area contributed by atoms with Crippen molar-refractivity contribution in [3.05, 3.63) is 82.9 Å². The second-order valence-electron chi connectivity index (χ2n) is 6.75. The van der Waals surface area contributed by atoms with Gasteiger partial charge >= 0.3 is 134 Å². The minimum atomic E-state index is -2.24. The van der Waals surface area contributed by atoms with Gasteiger partial charge in [-0.2, -0.15) is 0 Å². The van der Waals surface area contributed by atoms with Crippen molar-refractivity contribution < 1.29 is 19.4 Å². The van der Waals surface area contributed by atoms with E-state index in [1.807, 2.05) is 0 Å². The van der Waals surface area contributed by atoms with Crippen molar-refractivity contribution >= 4 is 19.5 Å². The molecular formula is C19H20SiZr. The van der Waals surface area contributed by atoms with Crippen molar-refractivity contribution in [2.24, 2.45) is 0 Å². The average Bonchev–Trinajstić information content (AvgIpc) is 3.12. The summed E-state index contributed by atoms with van der Waals surface area (Å²) in [6, 6.07) is 18.0. The van der Waals surface area contributed by atoms with E-state index in [9.17, 15) is 0 Å². The van der Waals surface area contributed by atoms with Crippen LogP contribution in [0.2, 0.25) is 4.63 Å². The Kier molecular flexibility index (Phi) is 3.28. The topological polar surface area (TPSA) is 0 Å². The first-order valence-electron chi connectivity index (χ1n) is 7.72. The van der Waals surface area contributed by atoms with Gasteiger partial charge in [0.25, 0.3) is 0 Å². The molecule has 2 heteroatoms. The fourth-order valence-electron chi connectivity index (χ4n) is 3.99. The third-order valence-corrected chi connectivity index (χ3v) is 22.9. The van der Waals surface area contributed by atoms with Crippen molar-refractivity contribution in [1.82, 2.24) is 0 Å². The maximum atomic E-state index is 2.68. The summed E-state index contributed by atoms with van der Waals surface area (Å²) < 4.78 is 4.18. The molecular weight excluding hydrogens is 348 g/mol. The van der Waals surface area contributed by atoms with E-state index in [-0.39, 0.29) is 0 Å². The molecule has 104 valence electrons. The van der Waals surface area contributed by atoms with Crippen LogP contribution in [-0.4, -0.2) is 7.37 Å². The number of fused-ring (bicyclic) bond motifs is 2. The fourth-order valence-corrected chi connectivity index (χ4v) is 19.0. The molecule has 2 aromatic rings. The zero-order valence-corrected chi connectivity index (χ0v) is 17.0. The molecule has 2 unspecified atom stereocenters. The van der Waals surface area contributed by atoms with Crippen LogP contribution in [0.5, 0.6) is 0 Å². The van der Waals surface area contributed by atoms with Gasteiger partial charge in [-0.1, -0.05) is 0 Å². The van der Waals surface area contributed by atoms with E-state index in [0.717, 1.165) is 7.25 Å². The normalized spacial score (nSPS) is 24.8. The van der Waals surface area contributed by atoms with Gasteiger partial charge in [0.2, 0.25) is 0 Å². The molecule has 0 saturated carbocycles. The van der Waals surface area contributed by atoms with Crippen LogP contribution >= 0.6 is 0 Å². The minimum absolute atomic E-state index is 0.753. The van der Waals surface area contributed by atoms with Gasteiger partial charge in [-0.3, -0.25) is 0 Å². The molecule has 0 nitrogen and oxygen atoms in total. The fraction of sp³-hybridized carbons (Fsp3) is 0.158. The summed E-state index contributed by atoms with van der Waals surface area (Å²) in [6.07, 6.45) is 9.75. The van der Waals surface area contributed by atoms with Gasteiger partial charge in [-0.05, 0) is 0 Å². The van der Waals surface area contributed by atoms with Crippen molar-refractivity contribution in [1.29, 1.82) is 0 Å². The Hall–Kier alpha value is -0.980. The Morgan fingerprint density at radius 1 is 0.762 bits per heavy atom. The van der Waals surface area contributed by atoms with Crippen LogP contribution < -0.4 is 0 Å². The van der Waals surface area contributed by atoms with Crippen LogP contribution in [0, 0.1) is 0 Å². The summed E-state index contributed by atoms with van der Waals surface area (Å²) in [4.78, 5) is 0. The Labute approximate surface area is 133 Å². The van der Waals surface area contributed by atoms with E-state index in [0.29, 0.717) is 0 Å². The summed E-state index contributed by atoms with van der Waals surface area (Å²) in [6.45, 7) is 0. The molecule has 0 heterocycles. The molecule has 21 heavy (non-hydrogen) atoms. The van der Waals surface area contributed by atoms with E-state index < -0.39 is 19.4 Å². The molecule has 0 fully saturated rings. The summed E-state index contributed by atoms with van der Waals surface area (Å²) in [5.41, 5.74) is 6.11. The van der Waals surface area contributed by atoms with E-state index in [2.05, 4.69) is 77.5 Å². The Balaban J connectivity index is 1.76. The van der Waals surface area contributed by atoms with Crippen LogP contribution in [0.15, 0.2) is 60.7 Å². The molecule has 0 amide bonds. The van der Waals surface area contributed by atoms with E-state index in [1.54, 1.807) is 11.1 Å². The summed E-state index contributed by atoms with van der Waals surface area (Å²) in [5.74, 6) is 0. The molecule has 0 aromatic heterocycles. The predicted octanol–water partition coefficient (Wildman–Crippen LogP) is 4.01. The van der Waals surface area contributed by atoms with Crippen molar-refractivity contribution in [3.8, 4) is 0 Å². The molecule has 2 aliphatic carbocycles. The van der Waals surface area contributed by atoms with Crippen LogP contribution in [0.1, 0.15) is 29.5 Å². The molecule has 2 aromatic carbocycles. The molecule has 0 spiro atoms.